The fourth-order valence-corrected chi connectivity index (χ4v) is 2.92. The SMILES string of the molecule is C=CCC(C)NCc1c(Cl)cccc1S(C)(=O)=O. The third kappa shape index (κ3) is 4.12. The van der Waals surface area contributed by atoms with Crippen LogP contribution in [0.1, 0.15) is 18.9 Å². The molecular formula is C13H18ClNO2S. The number of rotatable bonds is 6. The minimum Gasteiger partial charge on any atom is -0.310 e. The summed E-state index contributed by atoms with van der Waals surface area (Å²) in [6.07, 6.45) is 3.83. The van der Waals surface area contributed by atoms with Gasteiger partial charge >= 0.3 is 0 Å². The molecule has 0 heterocycles. The molecule has 0 aliphatic carbocycles. The van der Waals surface area contributed by atoms with Gasteiger partial charge in [0.2, 0.25) is 0 Å². The van der Waals surface area contributed by atoms with Gasteiger partial charge in [0.25, 0.3) is 0 Å². The Morgan fingerprint density at radius 1 is 1.50 bits per heavy atom. The molecular weight excluding hydrogens is 270 g/mol. The Hall–Kier alpha value is -0.840. The van der Waals surface area contributed by atoms with Crippen molar-refractivity contribution in [3.05, 3.63) is 41.4 Å². The van der Waals surface area contributed by atoms with Crippen LogP contribution in [-0.2, 0) is 16.4 Å². The van der Waals surface area contributed by atoms with Gasteiger partial charge in [0, 0.05) is 29.4 Å². The quantitative estimate of drug-likeness (QED) is 0.819. The summed E-state index contributed by atoms with van der Waals surface area (Å²) in [5, 5.41) is 3.70. The zero-order valence-corrected chi connectivity index (χ0v) is 12.2. The molecule has 0 saturated heterocycles. The first-order chi connectivity index (χ1) is 8.36. The molecule has 1 atom stereocenters. The van der Waals surface area contributed by atoms with E-state index in [0.717, 1.165) is 6.42 Å². The first-order valence-electron chi connectivity index (χ1n) is 5.68. The van der Waals surface area contributed by atoms with Crippen molar-refractivity contribution in [1.29, 1.82) is 0 Å². The Morgan fingerprint density at radius 2 is 2.17 bits per heavy atom. The number of nitrogens with one attached hydrogen (secondary N) is 1. The maximum atomic E-state index is 11.7. The van der Waals surface area contributed by atoms with E-state index in [2.05, 4.69) is 11.9 Å². The lowest BCUT2D eigenvalue weighted by Crippen LogP contribution is -2.25. The molecule has 0 radical (unpaired) electrons. The van der Waals surface area contributed by atoms with Crippen LogP contribution in [0.5, 0.6) is 0 Å². The lowest BCUT2D eigenvalue weighted by Gasteiger charge is -2.15. The van der Waals surface area contributed by atoms with Gasteiger partial charge in [-0.2, -0.15) is 0 Å². The summed E-state index contributed by atoms with van der Waals surface area (Å²) in [6.45, 7) is 6.11. The fraction of sp³-hybridized carbons (Fsp3) is 0.385. The van der Waals surface area contributed by atoms with E-state index in [0.29, 0.717) is 17.1 Å². The van der Waals surface area contributed by atoms with Crippen molar-refractivity contribution in [3.8, 4) is 0 Å². The molecule has 0 fully saturated rings. The van der Waals surface area contributed by atoms with Crippen LogP contribution in [0.4, 0.5) is 0 Å². The molecule has 0 amide bonds. The smallest absolute Gasteiger partial charge is 0.175 e. The molecule has 0 aliphatic heterocycles. The number of halogens is 1. The molecule has 1 N–H and O–H groups in total. The normalized spacial score (nSPS) is 13.3. The lowest BCUT2D eigenvalue weighted by atomic mass is 10.2. The molecule has 0 saturated carbocycles. The van der Waals surface area contributed by atoms with Crippen molar-refractivity contribution < 1.29 is 8.42 Å². The van der Waals surface area contributed by atoms with Crippen LogP contribution in [0.25, 0.3) is 0 Å². The van der Waals surface area contributed by atoms with Crippen LogP contribution >= 0.6 is 11.6 Å². The number of hydrogen-bond donors (Lipinski definition) is 1. The molecule has 100 valence electrons. The van der Waals surface area contributed by atoms with Crippen molar-refractivity contribution in [2.75, 3.05) is 6.26 Å². The Morgan fingerprint density at radius 3 is 2.72 bits per heavy atom. The highest BCUT2D eigenvalue weighted by Crippen LogP contribution is 2.24. The van der Waals surface area contributed by atoms with Crippen molar-refractivity contribution >= 4 is 21.4 Å². The molecule has 18 heavy (non-hydrogen) atoms. The Balaban J connectivity index is 2.97. The molecule has 1 aromatic rings. The second-order valence-electron chi connectivity index (χ2n) is 4.30. The van der Waals surface area contributed by atoms with Crippen LogP contribution in [0, 0.1) is 0 Å². The molecule has 0 aromatic heterocycles. The predicted octanol–water partition coefficient (Wildman–Crippen LogP) is 2.80. The Labute approximate surface area is 114 Å². The van der Waals surface area contributed by atoms with Crippen LogP contribution in [0.15, 0.2) is 35.7 Å². The van der Waals surface area contributed by atoms with E-state index in [1.165, 1.54) is 6.26 Å². The molecule has 0 bridgehead atoms. The summed E-state index contributed by atoms with van der Waals surface area (Å²) in [5.41, 5.74) is 0.623. The van der Waals surface area contributed by atoms with Gasteiger partial charge in [-0.05, 0) is 25.5 Å². The van der Waals surface area contributed by atoms with Gasteiger partial charge in [-0.15, -0.1) is 6.58 Å². The van der Waals surface area contributed by atoms with E-state index >= 15 is 0 Å². The lowest BCUT2D eigenvalue weighted by molar-refractivity contribution is 0.548. The summed E-state index contributed by atoms with van der Waals surface area (Å²) in [6, 6.07) is 5.16. The average Bonchev–Trinajstić information content (AvgIpc) is 2.26. The highest BCUT2D eigenvalue weighted by Gasteiger charge is 2.15. The average molecular weight is 288 g/mol. The van der Waals surface area contributed by atoms with E-state index < -0.39 is 9.84 Å². The van der Waals surface area contributed by atoms with Crippen molar-refractivity contribution in [1.82, 2.24) is 5.32 Å². The van der Waals surface area contributed by atoms with E-state index in [1.54, 1.807) is 18.2 Å². The molecule has 1 rings (SSSR count). The maximum Gasteiger partial charge on any atom is 0.175 e. The summed E-state index contributed by atoms with van der Waals surface area (Å²) in [5.74, 6) is 0. The number of sulfone groups is 1. The first-order valence-corrected chi connectivity index (χ1v) is 7.95. The molecule has 3 nitrogen and oxygen atoms in total. The Bertz CT molecular complexity index is 526. The van der Waals surface area contributed by atoms with E-state index in [-0.39, 0.29) is 10.9 Å². The summed E-state index contributed by atoms with van der Waals surface area (Å²) >= 11 is 6.07. The standard InChI is InChI=1S/C13H18ClNO2S/c1-4-6-10(2)15-9-11-12(14)7-5-8-13(11)18(3,16)17/h4-5,7-8,10,15H,1,6,9H2,2-3H3. The molecule has 0 spiro atoms. The summed E-state index contributed by atoms with van der Waals surface area (Å²) in [4.78, 5) is 0.285. The van der Waals surface area contributed by atoms with E-state index in [4.69, 9.17) is 11.6 Å². The highest BCUT2D eigenvalue weighted by atomic mass is 35.5. The summed E-state index contributed by atoms with van der Waals surface area (Å²) < 4.78 is 23.3. The van der Waals surface area contributed by atoms with Crippen LogP contribution < -0.4 is 5.32 Å². The molecule has 1 aromatic carbocycles. The second kappa shape index (κ2) is 6.36. The summed E-state index contributed by atoms with van der Waals surface area (Å²) in [7, 11) is -3.26. The largest absolute Gasteiger partial charge is 0.310 e. The zero-order chi connectivity index (χ0) is 13.8. The highest BCUT2D eigenvalue weighted by molar-refractivity contribution is 7.90. The fourth-order valence-electron chi connectivity index (χ4n) is 1.67. The van der Waals surface area contributed by atoms with Gasteiger partial charge in [-0.3, -0.25) is 0 Å². The predicted molar refractivity (Wildman–Crippen MR) is 75.7 cm³/mol. The van der Waals surface area contributed by atoms with Gasteiger partial charge in [0.1, 0.15) is 0 Å². The van der Waals surface area contributed by atoms with Crippen molar-refractivity contribution in [2.45, 2.75) is 30.8 Å². The zero-order valence-electron chi connectivity index (χ0n) is 10.6. The van der Waals surface area contributed by atoms with Crippen molar-refractivity contribution in [3.63, 3.8) is 0 Å². The van der Waals surface area contributed by atoms with Gasteiger partial charge < -0.3 is 5.32 Å². The third-order valence-corrected chi connectivity index (χ3v) is 4.16. The van der Waals surface area contributed by atoms with E-state index in [1.807, 2.05) is 13.0 Å². The van der Waals surface area contributed by atoms with Gasteiger partial charge in [-0.1, -0.05) is 23.7 Å². The number of benzene rings is 1. The van der Waals surface area contributed by atoms with Crippen LogP contribution in [-0.4, -0.2) is 20.7 Å². The number of hydrogen-bond acceptors (Lipinski definition) is 3. The first kappa shape index (κ1) is 15.2. The minimum atomic E-state index is -3.26. The topological polar surface area (TPSA) is 46.2 Å². The van der Waals surface area contributed by atoms with E-state index in [9.17, 15) is 8.42 Å². The van der Waals surface area contributed by atoms with Crippen LogP contribution in [0.2, 0.25) is 5.02 Å². The molecule has 0 aliphatic rings. The maximum absolute atomic E-state index is 11.7. The van der Waals surface area contributed by atoms with Crippen molar-refractivity contribution in [2.24, 2.45) is 0 Å². The van der Waals surface area contributed by atoms with Gasteiger partial charge in [-0.25, -0.2) is 8.42 Å². The molecule has 1 unspecified atom stereocenters. The molecule has 5 heteroatoms. The van der Waals surface area contributed by atoms with Gasteiger partial charge in [0.05, 0.1) is 4.90 Å². The van der Waals surface area contributed by atoms with Crippen LogP contribution in [0.3, 0.4) is 0 Å². The Kier molecular flexibility index (Phi) is 5.38. The monoisotopic (exact) mass is 287 g/mol. The van der Waals surface area contributed by atoms with Gasteiger partial charge in [0.15, 0.2) is 9.84 Å². The second-order valence-corrected chi connectivity index (χ2v) is 6.69. The minimum absolute atomic E-state index is 0.228. The third-order valence-electron chi connectivity index (χ3n) is 2.62.